The van der Waals surface area contributed by atoms with Crippen LogP contribution in [0, 0.1) is 10.8 Å². The molecule has 3 N–H and O–H groups in total. The molecule has 0 bridgehead atoms. The van der Waals surface area contributed by atoms with Crippen LogP contribution in [0.1, 0.15) is 118 Å². The second kappa shape index (κ2) is 16.5. The lowest BCUT2D eigenvalue weighted by molar-refractivity contribution is 0.114. The SMILES string of the molecule is CCC(CC)(CCCCO)CCCCOCCCCC(CC)(CC)CCS(N)(=O)=O. The summed E-state index contributed by atoms with van der Waals surface area (Å²) in [5.41, 5.74) is 0.530. The molecular formula is C24H51NO4S. The highest BCUT2D eigenvalue weighted by Crippen LogP contribution is 2.38. The average molecular weight is 450 g/mol. The summed E-state index contributed by atoms with van der Waals surface area (Å²) in [7, 11) is -3.38. The lowest BCUT2D eigenvalue weighted by atomic mass is 9.74. The highest BCUT2D eigenvalue weighted by atomic mass is 32.2. The van der Waals surface area contributed by atoms with Gasteiger partial charge in [-0.2, -0.15) is 0 Å². The molecule has 0 radical (unpaired) electrons. The first-order valence-electron chi connectivity index (χ1n) is 12.4. The lowest BCUT2D eigenvalue weighted by Crippen LogP contribution is -2.26. The van der Waals surface area contributed by atoms with Gasteiger partial charge in [0, 0.05) is 19.8 Å². The molecule has 182 valence electrons. The molecule has 0 aliphatic heterocycles. The molecule has 5 nitrogen and oxygen atoms in total. The van der Waals surface area contributed by atoms with Crippen molar-refractivity contribution in [1.82, 2.24) is 0 Å². The second-order valence-corrected chi connectivity index (χ2v) is 11.0. The summed E-state index contributed by atoms with van der Waals surface area (Å²) in [4.78, 5) is 0. The van der Waals surface area contributed by atoms with E-state index in [0.717, 1.165) is 64.6 Å². The van der Waals surface area contributed by atoms with E-state index in [4.69, 9.17) is 15.0 Å². The van der Waals surface area contributed by atoms with Crippen molar-refractivity contribution in [3.8, 4) is 0 Å². The number of aliphatic hydroxyl groups excluding tert-OH is 1. The molecule has 0 aliphatic carbocycles. The topological polar surface area (TPSA) is 89.6 Å². The summed E-state index contributed by atoms with van der Waals surface area (Å²) >= 11 is 0. The Morgan fingerprint density at radius 2 is 1.10 bits per heavy atom. The van der Waals surface area contributed by atoms with E-state index in [2.05, 4.69) is 27.7 Å². The zero-order chi connectivity index (χ0) is 22.9. The van der Waals surface area contributed by atoms with Crippen molar-refractivity contribution in [2.45, 2.75) is 118 Å². The standard InChI is InChI=1S/C24H51NO4S/c1-5-23(6-2,15-9-12-19-26)16-10-13-20-29-21-14-11-17-24(7-3,8-4)18-22-30(25,27)28/h26H,5-22H2,1-4H3,(H2,25,27,28). The molecule has 0 atom stereocenters. The lowest BCUT2D eigenvalue weighted by Gasteiger charge is -2.32. The summed E-state index contributed by atoms with van der Waals surface area (Å²) in [6.45, 7) is 10.8. The zero-order valence-electron chi connectivity index (χ0n) is 20.4. The first-order chi connectivity index (χ1) is 14.2. The van der Waals surface area contributed by atoms with Gasteiger partial charge in [-0.05, 0) is 55.8 Å². The highest BCUT2D eigenvalue weighted by Gasteiger charge is 2.27. The van der Waals surface area contributed by atoms with E-state index in [9.17, 15) is 8.42 Å². The Labute approximate surface area is 187 Å². The van der Waals surface area contributed by atoms with Crippen LogP contribution in [0.4, 0.5) is 0 Å². The highest BCUT2D eigenvalue weighted by molar-refractivity contribution is 7.89. The van der Waals surface area contributed by atoms with E-state index in [1.807, 2.05) is 0 Å². The quantitative estimate of drug-likeness (QED) is 0.217. The second-order valence-electron chi connectivity index (χ2n) is 9.24. The molecule has 0 saturated carbocycles. The Hall–Kier alpha value is -0.170. The molecule has 0 rings (SSSR count). The van der Waals surface area contributed by atoms with Gasteiger partial charge in [0.2, 0.25) is 10.0 Å². The fourth-order valence-corrected chi connectivity index (χ4v) is 5.36. The molecular weight excluding hydrogens is 398 g/mol. The Morgan fingerprint density at radius 1 is 0.700 bits per heavy atom. The van der Waals surface area contributed by atoms with Gasteiger partial charge in [0.25, 0.3) is 0 Å². The van der Waals surface area contributed by atoms with Crippen molar-refractivity contribution < 1.29 is 18.3 Å². The molecule has 30 heavy (non-hydrogen) atoms. The van der Waals surface area contributed by atoms with Gasteiger partial charge in [0.05, 0.1) is 5.75 Å². The fraction of sp³-hybridized carbons (Fsp3) is 1.00. The molecule has 0 unspecified atom stereocenters. The Balaban J connectivity index is 4.01. The third-order valence-corrected chi connectivity index (χ3v) is 8.30. The number of unbranched alkanes of at least 4 members (excludes halogenated alkanes) is 3. The zero-order valence-corrected chi connectivity index (χ0v) is 21.2. The van der Waals surface area contributed by atoms with Crippen molar-refractivity contribution in [2.24, 2.45) is 16.0 Å². The fourth-order valence-electron chi connectivity index (χ4n) is 4.65. The molecule has 0 aromatic carbocycles. The van der Waals surface area contributed by atoms with Crippen molar-refractivity contribution in [2.75, 3.05) is 25.6 Å². The van der Waals surface area contributed by atoms with E-state index < -0.39 is 10.0 Å². The van der Waals surface area contributed by atoms with Crippen molar-refractivity contribution in [3.63, 3.8) is 0 Å². The molecule has 0 spiro atoms. The molecule has 0 saturated heterocycles. The minimum absolute atomic E-state index is 0.0855. The molecule has 6 heteroatoms. The number of rotatable bonds is 21. The van der Waals surface area contributed by atoms with Crippen LogP contribution < -0.4 is 5.14 Å². The Kier molecular flexibility index (Phi) is 16.4. The predicted molar refractivity (Wildman–Crippen MR) is 128 cm³/mol. The van der Waals surface area contributed by atoms with Crippen LogP contribution >= 0.6 is 0 Å². The smallest absolute Gasteiger partial charge is 0.209 e. The molecule has 0 aromatic rings. The van der Waals surface area contributed by atoms with Crippen LogP contribution in [-0.2, 0) is 14.8 Å². The van der Waals surface area contributed by atoms with E-state index in [1.54, 1.807) is 0 Å². The van der Waals surface area contributed by atoms with Gasteiger partial charge < -0.3 is 9.84 Å². The molecule has 0 aliphatic rings. The van der Waals surface area contributed by atoms with E-state index in [-0.39, 0.29) is 11.2 Å². The minimum Gasteiger partial charge on any atom is -0.396 e. The molecule has 0 fully saturated rings. The summed E-state index contributed by atoms with van der Waals surface area (Å²) in [6, 6.07) is 0. The Bertz CT molecular complexity index is 499. The van der Waals surface area contributed by atoms with Gasteiger partial charge in [-0.15, -0.1) is 0 Å². The van der Waals surface area contributed by atoms with Crippen molar-refractivity contribution in [1.29, 1.82) is 0 Å². The minimum atomic E-state index is -3.38. The third-order valence-electron chi connectivity index (χ3n) is 7.52. The number of aliphatic hydroxyl groups is 1. The number of ether oxygens (including phenoxy) is 1. The maximum Gasteiger partial charge on any atom is 0.209 e. The monoisotopic (exact) mass is 449 g/mol. The number of hydrogen-bond acceptors (Lipinski definition) is 4. The van der Waals surface area contributed by atoms with Gasteiger partial charge in [-0.1, -0.05) is 72.6 Å². The van der Waals surface area contributed by atoms with Crippen LogP contribution in [-0.4, -0.2) is 39.1 Å². The number of primary sulfonamides is 1. The number of hydrogen-bond donors (Lipinski definition) is 2. The third kappa shape index (κ3) is 13.3. The van der Waals surface area contributed by atoms with Crippen LogP contribution in [0.25, 0.3) is 0 Å². The maximum absolute atomic E-state index is 11.3. The molecule has 0 heterocycles. The van der Waals surface area contributed by atoms with Crippen molar-refractivity contribution >= 4 is 10.0 Å². The van der Waals surface area contributed by atoms with Crippen molar-refractivity contribution in [3.05, 3.63) is 0 Å². The number of nitrogens with two attached hydrogens (primary N) is 1. The first kappa shape index (κ1) is 29.8. The molecule has 0 amide bonds. The van der Waals surface area contributed by atoms with E-state index in [0.29, 0.717) is 18.4 Å². The summed E-state index contributed by atoms with van der Waals surface area (Å²) in [5.74, 6) is 0.0855. The van der Waals surface area contributed by atoms with Gasteiger partial charge in [0.1, 0.15) is 0 Å². The Morgan fingerprint density at radius 3 is 1.47 bits per heavy atom. The van der Waals surface area contributed by atoms with Gasteiger partial charge >= 0.3 is 0 Å². The predicted octanol–water partition coefficient (Wildman–Crippen LogP) is 5.80. The summed E-state index contributed by atoms with van der Waals surface area (Å²) in [6.07, 6.45) is 15.1. The molecule has 0 aromatic heterocycles. The van der Waals surface area contributed by atoms with Gasteiger partial charge in [-0.3, -0.25) is 0 Å². The average Bonchev–Trinajstić information content (AvgIpc) is 2.73. The van der Waals surface area contributed by atoms with E-state index in [1.165, 1.54) is 32.1 Å². The van der Waals surface area contributed by atoms with Crippen LogP contribution in [0.15, 0.2) is 0 Å². The van der Waals surface area contributed by atoms with Crippen LogP contribution in [0.2, 0.25) is 0 Å². The van der Waals surface area contributed by atoms with Crippen LogP contribution in [0.3, 0.4) is 0 Å². The van der Waals surface area contributed by atoms with Gasteiger partial charge in [0.15, 0.2) is 0 Å². The van der Waals surface area contributed by atoms with Crippen LogP contribution in [0.5, 0.6) is 0 Å². The summed E-state index contributed by atoms with van der Waals surface area (Å²) in [5, 5.41) is 14.2. The maximum atomic E-state index is 11.3. The largest absolute Gasteiger partial charge is 0.396 e. The van der Waals surface area contributed by atoms with Gasteiger partial charge in [-0.25, -0.2) is 13.6 Å². The first-order valence-corrected chi connectivity index (χ1v) is 14.1. The van der Waals surface area contributed by atoms with E-state index >= 15 is 0 Å². The summed E-state index contributed by atoms with van der Waals surface area (Å²) < 4.78 is 28.5. The number of sulfonamides is 1. The normalized spacial score (nSPS) is 13.1.